The Balaban J connectivity index is 2.83. The standard InChI is InChI=1S/C14H25N3/c1-4-9-17(10-5-2)14-12-16-8-7-13(14)11-15-6-3/h7-8,12,15H,4-6,9-11H2,1-3H3. The summed E-state index contributed by atoms with van der Waals surface area (Å²) in [6, 6.07) is 2.12. The summed E-state index contributed by atoms with van der Waals surface area (Å²) in [5.41, 5.74) is 2.64. The minimum Gasteiger partial charge on any atom is -0.370 e. The molecule has 0 atom stereocenters. The number of nitrogens with one attached hydrogen (secondary N) is 1. The Morgan fingerprint density at radius 2 is 1.88 bits per heavy atom. The van der Waals surface area contributed by atoms with Crippen LogP contribution in [0.3, 0.4) is 0 Å². The lowest BCUT2D eigenvalue weighted by Crippen LogP contribution is -2.27. The Labute approximate surface area is 105 Å². The van der Waals surface area contributed by atoms with Gasteiger partial charge in [0.2, 0.25) is 0 Å². The summed E-state index contributed by atoms with van der Waals surface area (Å²) in [5, 5.41) is 3.39. The molecule has 3 nitrogen and oxygen atoms in total. The molecule has 0 unspecified atom stereocenters. The van der Waals surface area contributed by atoms with Gasteiger partial charge in [0.15, 0.2) is 0 Å². The molecule has 1 heterocycles. The minimum absolute atomic E-state index is 0.929. The summed E-state index contributed by atoms with van der Waals surface area (Å²) in [6.07, 6.45) is 6.23. The van der Waals surface area contributed by atoms with Crippen molar-refractivity contribution in [2.75, 3.05) is 24.5 Å². The van der Waals surface area contributed by atoms with E-state index in [2.05, 4.69) is 42.0 Å². The van der Waals surface area contributed by atoms with Gasteiger partial charge in [-0.25, -0.2) is 0 Å². The highest BCUT2D eigenvalue weighted by atomic mass is 15.1. The molecule has 96 valence electrons. The fourth-order valence-electron chi connectivity index (χ4n) is 2.00. The maximum Gasteiger partial charge on any atom is 0.0598 e. The summed E-state index contributed by atoms with van der Waals surface area (Å²) in [5.74, 6) is 0. The molecule has 0 bridgehead atoms. The van der Waals surface area contributed by atoms with E-state index in [0.29, 0.717) is 0 Å². The van der Waals surface area contributed by atoms with E-state index in [1.807, 2.05) is 12.4 Å². The van der Waals surface area contributed by atoms with Crippen LogP contribution in [0.4, 0.5) is 5.69 Å². The van der Waals surface area contributed by atoms with E-state index < -0.39 is 0 Å². The van der Waals surface area contributed by atoms with Crippen LogP contribution in [0.1, 0.15) is 39.2 Å². The molecule has 0 spiro atoms. The number of nitrogens with zero attached hydrogens (tertiary/aromatic N) is 2. The van der Waals surface area contributed by atoms with E-state index in [9.17, 15) is 0 Å². The highest BCUT2D eigenvalue weighted by Crippen LogP contribution is 2.19. The number of anilines is 1. The fraction of sp³-hybridized carbons (Fsp3) is 0.643. The van der Waals surface area contributed by atoms with Gasteiger partial charge in [-0.2, -0.15) is 0 Å². The van der Waals surface area contributed by atoms with Crippen molar-refractivity contribution in [2.24, 2.45) is 0 Å². The molecule has 1 rings (SSSR count). The quantitative estimate of drug-likeness (QED) is 0.751. The zero-order valence-corrected chi connectivity index (χ0v) is 11.4. The first-order valence-electron chi connectivity index (χ1n) is 6.72. The van der Waals surface area contributed by atoms with Crippen LogP contribution in [0.25, 0.3) is 0 Å². The van der Waals surface area contributed by atoms with Gasteiger partial charge >= 0.3 is 0 Å². The Morgan fingerprint density at radius 1 is 1.18 bits per heavy atom. The first-order chi connectivity index (χ1) is 8.33. The lowest BCUT2D eigenvalue weighted by Gasteiger charge is -2.26. The lowest BCUT2D eigenvalue weighted by atomic mass is 10.2. The van der Waals surface area contributed by atoms with Crippen LogP contribution < -0.4 is 10.2 Å². The zero-order valence-electron chi connectivity index (χ0n) is 11.4. The van der Waals surface area contributed by atoms with Gasteiger partial charge in [-0.1, -0.05) is 20.8 Å². The first kappa shape index (κ1) is 14.0. The smallest absolute Gasteiger partial charge is 0.0598 e. The third-order valence-electron chi connectivity index (χ3n) is 2.78. The Hall–Kier alpha value is -1.09. The van der Waals surface area contributed by atoms with Crippen LogP contribution in [0.5, 0.6) is 0 Å². The molecule has 0 aliphatic carbocycles. The third-order valence-corrected chi connectivity index (χ3v) is 2.78. The topological polar surface area (TPSA) is 28.2 Å². The number of hydrogen-bond acceptors (Lipinski definition) is 3. The van der Waals surface area contributed by atoms with Gasteiger partial charge in [0, 0.05) is 25.8 Å². The van der Waals surface area contributed by atoms with Crippen molar-refractivity contribution in [2.45, 2.75) is 40.2 Å². The molecule has 0 radical (unpaired) electrons. The van der Waals surface area contributed by atoms with Crippen molar-refractivity contribution in [1.82, 2.24) is 10.3 Å². The predicted octanol–water partition coefficient (Wildman–Crippen LogP) is 2.82. The highest BCUT2D eigenvalue weighted by molar-refractivity contribution is 5.51. The van der Waals surface area contributed by atoms with Gasteiger partial charge in [-0.15, -0.1) is 0 Å². The van der Waals surface area contributed by atoms with Crippen molar-refractivity contribution in [3.8, 4) is 0 Å². The molecule has 0 aliphatic heterocycles. The van der Waals surface area contributed by atoms with E-state index in [-0.39, 0.29) is 0 Å². The molecule has 1 aromatic rings. The van der Waals surface area contributed by atoms with Crippen LogP contribution in [-0.2, 0) is 6.54 Å². The molecule has 0 aromatic carbocycles. The van der Waals surface area contributed by atoms with Crippen LogP contribution in [0, 0.1) is 0 Å². The average molecular weight is 235 g/mol. The fourth-order valence-corrected chi connectivity index (χ4v) is 2.00. The van der Waals surface area contributed by atoms with Crippen LogP contribution >= 0.6 is 0 Å². The van der Waals surface area contributed by atoms with Gasteiger partial charge in [-0.05, 0) is 31.0 Å². The SMILES string of the molecule is CCCN(CCC)c1cnccc1CNCC. The maximum absolute atomic E-state index is 4.27. The Morgan fingerprint density at radius 3 is 2.47 bits per heavy atom. The number of pyridine rings is 1. The summed E-state index contributed by atoms with van der Waals surface area (Å²) in [4.78, 5) is 6.71. The zero-order chi connectivity index (χ0) is 12.5. The molecule has 0 saturated heterocycles. The van der Waals surface area contributed by atoms with Gasteiger partial charge in [0.1, 0.15) is 0 Å². The summed E-state index contributed by atoms with van der Waals surface area (Å²) < 4.78 is 0. The Kier molecular flexibility index (Phi) is 6.63. The number of rotatable bonds is 8. The third kappa shape index (κ3) is 4.35. The van der Waals surface area contributed by atoms with Crippen molar-refractivity contribution < 1.29 is 0 Å². The van der Waals surface area contributed by atoms with Crippen molar-refractivity contribution in [1.29, 1.82) is 0 Å². The second kappa shape index (κ2) is 8.07. The maximum atomic E-state index is 4.27. The molecule has 0 amide bonds. The summed E-state index contributed by atoms with van der Waals surface area (Å²) >= 11 is 0. The first-order valence-corrected chi connectivity index (χ1v) is 6.72. The Bertz CT molecular complexity index is 306. The van der Waals surface area contributed by atoms with Gasteiger partial charge in [-0.3, -0.25) is 4.98 Å². The molecule has 0 fully saturated rings. The molecule has 1 aromatic heterocycles. The van der Waals surface area contributed by atoms with Gasteiger partial charge < -0.3 is 10.2 Å². The van der Waals surface area contributed by atoms with E-state index in [1.54, 1.807) is 0 Å². The second-order valence-electron chi connectivity index (χ2n) is 4.27. The monoisotopic (exact) mass is 235 g/mol. The van der Waals surface area contributed by atoms with Crippen molar-refractivity contribution in [3.63, 3.8) is 0 Å². The minimum atomic E-state index is 0.929. The molecule has 0 aliphatic rings. The molecular formula is C14H25N3. The van der Waals surface area contributed by atoms with E-state index in [1.165, 1.54) is 24.1 Å². The highest BCUT2D eigenvalue weighted by Gasteiger charge is 2.09. The second-order valence-corrected chi connectivity index (χ2v) is 4.27. The molecule has 17 heavy (non-hydrogen) atoms. The summed E-state index contributed by atoms with van der Waals surface area (Å²) in [7, 11) is 0. The van der Waals surface area contributed by atoms with E-state index in [4.69, 9.17) is 0 Å². The van der Waals surface area contributed by atoms with Crippen LogP contribution in [0.2, 0.25) is 0 Å². The largest absolute Gasteiger partial charge is 0.370 e. The van der Waals surface area contributed by atoms with Gasteiger partial charge in [0.05, 0.1) is 11.9 Å². The molecular weight excluding hydrogens is 210 g/mol. The molecule has 0 saturated carbocycles. The predicted molar refractivity (Wildman–Crippen MR) is 74.4 cm³/mol. The van der Waals surface area contributed by atoms with E-state index in [0.717, 1.165) is 26.2 Å². The molecule has 3 heteroatoms. The van der Waals surface area contributed by atoms with Crippen LogP contribution in [-0.4, -0.2) is 24.6 Å². The van der Waals surface area contributed by atoms with Crippen molar-refractivity contribution in [3.05, 3.63) is 24.0 Å². The normalized spacial score (nSPS) is 10.5. The number of hydrogen-bond donors (Lipinski definition) is 1. The van der Waals surface area contributed by atoms with Crippen LogP contribution in [0.15, 0.2) is 18.5 Å². The van der Waals surface area contributed by atoms with Crippen molar-refractivity contribution >= 4 is 5.69 Å². The van der Waals surface area contributed by atoms with E-state index >= 15 is 0 Å². The van der Waals surface area contributed by atoms with Gasteiger partial charge in [0.25, 0.3) is 0 Å². The average Bonchev–Trinajstić information content (AvgIpc) is 2.36. The molecule has 1 N–H and O–H groups in total. The lowest BCUT2D eigenvalue weighted by molar-refractivity contribution is 0.704. The number of aromatic nitrogens is 1. The summed E-state index contributed by atoms with van der Waals surface area (Å²) in [6.45, 7) is 10.7.